The maximum absolute atomic E-state index is 12.1. The van der Waals surface area contributed by atoms with Crippen molar-refractivity contribution in [2.24, 2.45) is 23.2 Å². The van der Waals surface area contributed by atoms with Crippen molar-refractivity contribution >= 4 is 0 Å². The highest BCUT2D eigenvalue weighted by atomic mass is 19.1. The molecule has 1 unspecified atom stereocenters. The quantitative estimate of drug-likeness (QED) is 0.427. The Hall–Kier alpha value is -0.330. The molecular formula is C22H39F. The Kier molecular flexibility index (Phi) is 8.13. The number of rotatable bonds is 8. The third kappa shape index (κ3) is 4.83. The first-order valence-electron chi connectivity index (χ1n) is 10.5. The Morgan fingerprint density at radius 2 is 1.74 bits per heavy atom. The maximum Gasteiger partial charge on any atom is 0.0827 e. The molecule has 2 fully saturated rings. The van der Waals surface area contributed by atoms with Crippen LogP contribution in [0, 0.1) is 23.2 Å². The molecule has 2 saturated carbocycles. The summed E-state index contributed by atoms with van der Waals surface area (Å²) in [5.41, 5.74) is 0.673. The van der Waals surface area contributed by atoms with Crippen LogP contribution in [-0.4, -0.2) is 0 Å². The average molecular weight is 323 g/mol. The van der Waals surface area contributed by atoms with Crippen LogP contribution in [0.1, 0.15) is 104 Å². The SMILES string of the molecule is CCCC(CC)C1([C@H]2CC[C@H](CC/C=C/F)CC2)CCCCC1. The lowest BCUT2D eigenvalue weighted by molar-refractivity contribution is -0.00997. The number of hydrogen-bond acceptors (Lipinski definition) is 0. The van der Waals surface area contributed by atoms with Crippen LogP contribution >= 0.6 is 0 Å². The molecule has 1 heteroatoms. The van der Waals surface area contributed by atoms with Crippen LogP contribution in [-0.2, 0) is 0 Å². The molecule has 0 spiro atoms. The molecule has 0 N–H and O–H groups in total. The molecule has 2 rings (SSSR count). The van der Waals surface area contributed by atoms with Crippen molar-refractivity contribution in [1.29, 1.82) is 0 Å². The summed E-state index contributed by atoms with van der Waals surface area (Å²) in [6.45, 7) is 4.81. The van der Waals surface area contributed by atoms with E-state index < -0.39 is 0 Å². The molecule has 23 heavy (non-hydrogen) atoms. The number of halogens is 1. The highest BCUT2D eigenvalue weighted by molar-refractivity contribution is 4.95. The standard InChI is InChI=1S/C22H39F/c1-3-10-20(4-2)22(16-7-5-8-17-22)21-14-12-19(13-15-21)11-6-9-18-23/h9,18-21H,3-8,10-17H2,1-2H3/b18-9+/t19-,20?,21-. The van der Waals surface area contributed by atoms with Crippen molar-refractivity contribution in [3.8, 4) is 0 Å². The summed E-state index contributed by atoms with van der Waals surface area (Å²) >= 11 is 0. The summed E-state index contributed by atoms with van der Waals surface area (Å²) in [5, 5.41) is 0. The van der Waals surface area contributed by atoms with Gasteiger partial charge in [0, 0.05) is 0 Å². The average Bonchev–Trinajstić information content (AvgIpc) is 2.61. The third-order valence-corrected chi connectivity index (χ3v) is 7.22. The normalized spacial score (nSPS) is 29.7. The second-order valence-electron chi connectivity index (χ2n) is 8.34. The van der Waals surface area contributed by atoms with E-state index in [1.807, 2.05) is 0 Å². The molecule has 0 saturated heterocycles. The van der Waals surface area contributed by atoms with Crippen molar-refractivity contribution in [3.05, 3.63) is 12.4 Å². The van der Waals surface area contributed by atoms with E-state index in [-0.39, 0.29) is 0 Å². The first-order chi connectivity index (χ1) is 11.3. The Bertz CT molecular complexity index is 332. The van der Waals surface area contributed by atoms with Crippen molar-refractivity contribution in [1.82, 2.24) is 0 Å². The van der Waals surface area contributed by atoms with Gasteiger partial charge in [-0.1, -0.05) is 71.3 Å². The van der Waals surface area contributed by atoms with Crippen LogP contribution < -0.4 is 0 Å². The lowest BCUT2D eigenvalue weighted by atomic mass is 9.54. The zero-order valence-corrected chi connectivity index (χ0v) is 15.7. The summed E-state index contributed by atoms with van der Waals surface area (Å²) in [5.74, 6) is 2.80. The highest BCUT2D eigenvalue weighted by Crippen LogP contribution is 2.55. The summed E-state index contributed by atoms with van der Waals surface area (Å²) in [4.78, 5) is 0. The van der Waals surface area contributed by atoms with Gasteiger partial charge in [-0.05, 0) is 61.7 Å². The van der Waals surface area contributed by atoms with E-state index in [0.29, 0.717) is 5.41 Å². The molecule has 2 aliphatic rings. The maximum atomic E-state index is 12.1. The molecule has 134 valence electrons. The van der Waals surface area contributed by atoms with E-state index in [2.05, 4.69) is 13.8 Å². The Morgan fingerprint density at radius 1 is 1.04 bits per heavy atom. The Morgan fingerprint density at radius 3 is 2.30 bits per heavy atom. The minimum Gasteiger partial charge on any atom is -0.216 e. The molecule has 1 atom stereocenters. The molecule has 0 aliphatic heterocycles. The molecule has 0 bridgehead atoms. The van der Waals surface area contributed by atoms with Crippen LogP contribution in [0.5, 0.6) is 0 Å². The molecular weight excluding hydrogens is 283 g/mol. The van der Waals surface area contributed by atoms with E-state index in [1.54, 1.807) is 6.08 Å². The molecule has 0 aromatic heterocycles. The fraction of sp³-hybridized carbons (Fsp3) is 0.909. The fourth-order valence-corrected chi connectivity index (χ4v) is 6.03. The van der Waals surface area contributed by atoms with Gasteiger partial charge < -0.3 is 0 Å². The lowest BCUT2D eigenvalue weighted by Crippen LogP contribution is -2.41. The fourth-order valence-electron chi connectivity index (χ4n) is 6.03. The first kappa shape index (κ1) is 19.0. The Labute approximate surface area is 144 Å². The minimum absolute atomic E-state index is 0.673. The van der Waals surface area contributed by atoms with Gasteiger partial charge in [-0.3, -0.25) is 0 Å². The van der Waals surface area contributed by atoms with Gasteiger partial charge >= 0.3 is 0 Å². The van der Waals surface area contributed by atoms with Crippen LogP contribution in [0.4, 0.5) is 4.39 Å². The van der Waals surface area contributed by atoms with Gasteiger partial charge in [-0.25, -0.2) is 4.39 Å². The summed E-state index contributed by atoms with van der Waals surface area (Å²) < 4.78 is 12.1. The summed E-state index contributed by atoms with van der Waals surface area (Å²) in [6.07, 6.45) is 21.9. The molecule has 0 aromatic rings. The third-order valence-electron chi connectivity index (χ3n) is 7.22. The summed E-state index contributed by atoms with van der Waals surface area (Å²) in [7, 11) is 0. The van der Waals surface area contributed by atoms with Gasteiger partial charge in [0.25, 0.3) is 0 Å². The zero-order valence-electron chi connectivity index (χ0n) is 15.7. The van der Waals surface area contributed by atoms with Crippen LogP contribution in [0.3, 0.4) is 0 Å². The zero-order chi connectivity index (χ0) is 16.5. The highest BCUT2D eigenvalue weighted by Gasteiger charge is 2.45. The van der Waals surface area contributed by atoms with Crippen LogP contribution in [0.15, 0.2) is 12.4 Å². The monoisotopic (exact) mass is 322 g/mol. The van der Waals surface area contributed by atoms with Crippen LogP contribution in [0.2, 0.25) is 0 Å². The van der Waals surface area contributed by atoms with Gasteiger partial charge in [-0.15, -0.1) is 0 Å². The topological polar surface area (TPSA) is 0 Å². The lowest BCUT2D eigenvalue weighted by Gasteiger charge is -2.51. The van der Waals surface area contributed by atoms with Gasteiger partial charge in [-0.2, -0.15) is 0 Å². The van der Waals surface area contributed by atoms with Crippen molar-refractivity contribution in [3.63, 3.8) is 0 Å². The minimum atomic E-state index is 0.673. The predicted molar refractivity (Wildman–Crippen MR) is 99.1 cm³/mol. The molecule has 0 nitrogen and oxygen atoms in total. The van der Waals surface area contributed by atoms with Crippen molar-refractivity contribution in [2.45, 2.75) is 104 Å². The van der Waals surface area contributed by atoms with Gasteiger partial charge in [0.2, 0.25) is 0 Å². The number of hydrogen-bond donors (Lipinski definition) is 0. The first-order valence-corrected chi connectivity index (χ1v) is 10.5. The molecule has 0 amide bonds. The van der Waals surface area contributed by atoms with E-state index in [4.69, 9.17) is 0 Å². The molecule has 0 heterocycles. The number of allylic oxidation sites excluding steroid dienone is 1. The van der Waals surface area contributed by atoms with E-state index in [1.165, 1.54) is 83.5 Å². The molecule has 0 radical (unpaired) electrons. The largest absolute Gasteiger partial charge is 0.216 e. The van der Waals surface area contributed by atoms with Gasteiger partial charge in [0.1, 0.15) is 0 Å². The van der Waals surface area contributed by atoms with Gasteiger partial charge in [0.05, 0.1) is 6.33 Å². The van der Waals surface area contributed by atoms with E-state index in [9.17, 15) is 4.39 Å². The van der Waals surface area contributed by atoms with Crippen LogP contribution in [0.25, 0.3) is 0 Å². The predicted octanol–water partition coefficient (Wildman–Crippen LogP) is 7.83. The smallest absolute Gasteiger partial charge is 0.0827 e. The molecule has 0 aromatic carbocycles. The van der Waals surface area contributed by atoms with Gasteiger partial charge in [0.15, 0.2) is 0 Å². The summed E-state index contributed by atoms with van der Waals surface area (Å²) in [6, 6.07) is 0. The second-order valence-corrected chi connectivity index (χ2v) is 8.34. The Balaban J connectivity index is 1.97. The van der Waals surface area contributed by atoms with Crippen molar-refractivity contribution in [2.75, 3.05) is 0 Å². The second kappa shape index (κ2) is 9.84. The van der Waals surface area contributed by atoms with E-state index >= 15 is 0 Å². The van der Waals surface area contributed by atoms with E-state index in [0.717, 1.165) is 30.5 Å². The van der Waals surface area contributed by atoms with Crippen molar-refractivity contribution < 1.29 is 4.39 Å². The molecule has 2 aliphatic carbocycles.